The van der Waals surface area contributed by atoms with Crippen LogP contribution in [0, 0.1) is 6.92 Å². The minimum absolute atomic E-state index is 0.00298. The van der Waals surface area contributed by atoms with Crippen LogP contribution in [0.4, 0.5) is 0 Å². The summed E-state index contributed by atoms with van der Waals surface area (Å²) in [6.45, 7) is 1.90. The second kappa shape index (κ2) is 5.40. The van der Waals surface area contributed by atoms with Gasteiger partial charge in [-0.25, -0.2) is 0 Å². The number of fused-ring (bicyclic) bond motifs is 4. The number of amides is 1. The first-order valence-electron chi connectivity index (χ1n) is 9.14. The minimum atomic E-state index is -0.581. The van der Waals surface area contributed by atoms with Crippen LogP contribution in [0.2, 0.25) is 0 Å². The monoisotopic (exact) mass is 348 g/mol. The summed E-state index contributed by atoms with van der Waals surface area (Å²) in [6, 6.07) is 11.2. The molecule has 2 fully saturated rings. The highest BCUT2D eigenvalue weighted by Gasteiger charge is 2.61. The zero-order valence-electron chi connectivity index (χ0n) is 14.6. The SMILES string of the molecule is Cc1ccc(C(=O)N2C3CCC2C2(CC(=O)c4ccccc4O2)C3)cn1. The molecule has 1 aromatic heterocycles. The van der Waals surface area contributed by atoms with E-state index >= 15 is 0 Å². The van der Waals surface area contributed by atoms with Gasteiger partial charge >= 0.3 is 0 Å². The number of ether oxygens (including phenoxy) is 1. The van der Waals surface area contributed by atoms with Crippen molar-refractivity contribution in [2.75, 3.05) is 0 Å². The molecule has 3 aliphatic rings. The Kier molecular flexibility index (Phi) is 3.23. The average molecular weight is 348 g/mol. The number of ketones is 1. The maximum absolute atomic E-state index is 13.1. The molecule has 1 amide bonds. The molecule has 5 heteroatoms. The smallest absolute Gasteiger partial charge is 0.256 e. The molecule has 0 N–H and O–H groups in total. The number of para-hydroxylation sites is 1. The van der Waals surface area contributed by atoms with E-state index in [1.165, 1.54) is 0 Å². The lowest BCUT2D eigenvalue weighted by Crippen LogP contribution is -2.52. The van der Waals surface area contributed by atoms with Crippen LogP contribution in [0.1, 0.15) is 52.1 Å². The van der Waals surface area contributed by atoms with Gasteiger partial charge in [-0.1, -0.05) is 12.1 Å². The molecular formula is C21H20N2O3. The number of carbonyl (C=O) groups is 2. The van der Waals surface area contributed by atoms with E-state index in [4.69, 9.17) is 4.74 Å². The first-order chi connectivity index (χ1) is 12.6. The van der Waals surface area contributed by atoms with Crippen molar-refractivity contribution in [3.8, 4) is 5.75 Å². The van der Waals surface area contributed by atoms with Gasteiger partial charge in [0, 0.05) is 24.4 Å². The third-order valence-corrected chi connectivity index (χ3v) is 6.04. The van der Waals surface area contributed by atoms with E-state index in [2.05, 4.69) is 4.98 Å². The van der Waals surface area contributed by atoms with E-state index < -0.39 is 5.60 Å². The van der Waals surface area contributed by atoms with E-state index in [1.807, 2.05) is 48.2 Å². The Morgan fingerprint density at radius 2 is 2.08 bits per heavy atom. The molecule has 26 heavy (non-hydrogen) atoms. The summed E-state index contributed by atoms with van der Waals surface area (Å²) in [7, 11) is 0. The summed E-state index contributed by atoms with van der Waals surface area (Å²) in [6.07, 6.45) is 4.57. The zero-order chi connectivity index (χ0) is 17.9. The first kappa shape index (κ1) is 15.6. The summed E-state index contributed by atoms with van der Waals surface area (Å²) in [5.41, 5.74) is 1.57. The normalized spacial score (nSPS) is 29.0. The van der Waals surface area contributed by atoms with Crippen molar-refractivity contribution < 1.29 is 14.3 Å². The van der Waals surface area contributed by atoms with Gasteiger partial charge in [0.25, 0.3) is 5.91 Å². The second-order valence-electron chi connectivity index (χ2n) is 7.61. The molecule has 5 rings (SSSR count). The van der Waals surface area contributed by atoms with Crippen LogP contribution in [-0.2, 0) is 0 Å². The van der Waals surface area contributed by atoms with Gasteiger partial charge in [-0.15, -0.1) is 0 Å². The van der Waals surface area contributed by atoms with E-state index in [-0.39, 0.29) is 23.8 Å². The van der Waals surface area contributed by atoms with E-state index in [9.17, 15) is 9.59 Å². The van der Waals surface area contributed by atoms with Crippen molar-refractivity contribution in [1.29, 1.82) is 0 Å². The van der Waals surface area contributed by atoms with Crippen LogP contribution < -0.4 is 4.74 Å². The molecule has 2 aromatic rings. The van der Waals surface area contributed by atoms with Crippen LogP contribution in [0.3, 0.4) is 0 Å². The molecule has 0 saturated carbocycles. The number of pyridine rings is 1. The van der Waals surface area contributed by atoms with Crippen LogP contribution in [0.15, 0.2) is 42.6 Å². The maximum Gasteiger partial charge on any atom is 0.256 e. The van der Waals surface area contributed by atoms with Crippen molar-refractivity contribution in [2.24, 2.45) is 0 Å². The number of aryl methyl sites for hydroxylation is 1. The zero-order valence-corrected chi connectivity index (χ0v) is 14.6. The van der Waals surface area contributed by atoms with E-state index in [0.29, 0.717) is 23.3 Å². The van der Waals surface area contributed by atoms with Crippen molar-refractivity contribution in [1.82, 2.24) is 9.88 Å². The van der Waals surface area contributed by atoms with Crippen molar-refractivity contribution >= 4 is 11.7 Å². The molecule has 0 aliphatic carbocycles. The first-order valence-corrected chi connectivity index (χ1v) is 9.14. The number of Topliss-reactive ketones (excluding diaryl/α,β-unsaturated/α-hetero) is 1. The third kappa shape index (κ3) is 2.13. The summed E-state index contributed by atoms with van der Waals surface area (Å²) >= 11 is 0. The number of aromatic nitrogens is 1. The lowest BCUT2D eigenvalue weighted by atomic mass is 9.78. The number of hydrogen-bond donors (Lipinski definition) is 0. The van der Waals surface area contributed by atoms with E-state index in [0.717, 1.165) is 25.0 Å². The summed E-state index contributed by atoms with van der Waals surface area (Å²) in [4.78, 5) is 32.0. The van der Waals surface area contributed by atoms with Gasteiger partial charge < -0.3 is 9.64 Å². The summed E-state index contributed by atoms with van der Waals surface area (Å²) in [5, 5.41) is 0. The van der Waals surface area contributed by atoms with Crippen LogP contribution in [0.25, 0.3) is 0 Å². The van der Waals surface area contributed by atoms with Crippen molar-refractivity contribution in [3.05, 3.63) is 59.4 Å². The average Bonchev–Trinajstić information content (AvgIpc) is 3.17. The number of benzene rings is 1. The molecule has 5 nitrogen and oxygen atoms in total. The summed E-state index contributed by atoms with van der Waals surface area (Å²) < 4.78 is 6.39. The van der Waals surface area contributed by atoms with Crippen LogP contribution >= 0.6 is 0 Å². The van der Waals surface area contributed by atoms with Crippen molar-refractivity contribution in [2.45, 2.75) is 50.3 Å². The highest BCUT2D eigenvalue weighted by Crippen LogP contribution is 2.51. The summed E-state index contributed by atoms with van der Waals surface area (Å²) in [5.74, 6) is 0.765. The molecule has 1 aromatic carbocycles. The quantitative estimate of drug-likeness (QED) is 0.794. The molecule has 3 atom stereocenters. The molecule has 132 valence electrons. The lowest BCUT2D eigenvalue weighted by molar-refractivity contribution is 0.0112. The van der Waals surface area contributed by atoms with Gasteiger partial charge in [0.15, 0.2) is 5.78 Å². The van der Waals surface area contributed by atoms with Gasteiger partial charge in [-0.3, -0.25) is 14.6 Å². The van der Waals surface area contributed by atoms with Crippen LogP contribution in [-0.4, -0.2) is 39.3 Å². The molecule has 4 heterocycles. The predicted molar refractivity (Wildman–Crippen MR) is 95.3 cm³/mol. The highest BCUT2D eigenvalue weighted by atomic mass is 16.5. The Labute approximate surface area is 152 Å². The molecule has 2 bridgehead atoms. The molecule has 1 spiro atoms. The molecule has 2 saturated heterocycles. The maximum atomic E-state index is 13.1. The topological polar surface area (TPSA) is 59.5 Å². The highest BCUT2D eigenvalue weighted by molar-refractivity contribution is 6.01. The fraction of sp³-hybridized carbons (Fsp3) is 0.381. The number of nitrogens with zero attached hydrogens (tertiary/aromatic N) is 2. The fourth-order valence-corrected chi connectivity index (χ4v) is 4.89. The number of hydrogen-bond acceptors (Lipinski definition) is 4. The standard InChI is InChI=1S/C21H20N2O3/c1-13-6-7-14(12-22-13)20(25)23-15-8-9-19(23)21(10-15)11-17(24)16-4-2-3-5-18(16)26-21/h2-7,12,15,19H,8-11H2,1H3. The molecular weight excluding hydrogens is 328 g/mol. The molecule has 0 radical (unpaired) electrons. The Morgan fingerprint density at radius 1 is 1.23 bits per heavy atom. The molecule has 3 unspecified atom stereocenters. The third-order valence-electron chi connectivity index (χ3n) is 6.04. The Balaban J connectivity index is 1.49. The van der Waals surface area contributed by atoms with Gasteiger partial charge in [0.2, 0.25) is 0 Å². The Bertz CT molecular complexity index is 908. The number of rotatable bonds is 1. The fourth-order valence-electron chi connectivity index (χ4n) is 4.89. The Morgan fingerprint density at radius 3 is 2.88 bits per heavy atom. The lowest BCUT2D eigenvalue weighted by Gasteiger charge is -2.40. The van der Waals surface area contributed by atoms with Gasteiger partial charge in [0.05, 0.1) is 23.6 Å². The van der Waals surface area contributed by atoms with Gasteiger partial charge in [0.1, 0.15) is 11.4 Å². The largest absolute Gasteiger partial charge is 0.484 e. The molecule has 3 aliphatic heterocycles. The minimum Gasteiger partial charge on any atom is -0.484 e. The predicted octanol–water partition coefficient (Wildman–Crippen LogP) is 3.17. The van der Waals surface area contributed by atoms with Gasteiger partial charge in [-0.05, 0) is 44.0 Å². The number of carbonyl (C=O) groups excluding carboxylic acids is 2. The van der Waals surface area contributed by atoms with Gasteiger partial charge in [-0.2, -0.15) is 0 Å². The van der Waals surface area contributed by atoms with Crippen molar-refractivity contribution in [3.63, 3.8) is 0 Å². The second-order valence-corrected chi connectivity index (χ2v) is 7.61. The van der Waals surface area contributed by atoms with Crippen LogP contribution in [0.5, 0.6) is 5.75 Å². The Hall–Kier alpha value is -2.69. The van der Waals surface area contributed by atoms with E-state index in [1.54, 1.807) is 6.20 Å².